The molecule has 0 saturated carbocycles. The maximum absolute atomic E-state index is 14.4. The summed E-state index contributed by atoms with van der Waals surface area (Å²) in [6.07, 6.45) is 11.1. The van der Waals surface area contributed by atoms with Gasteiger partial charge in [0.1, 0.15) is 23.7 Å². The number of aliphatic hydroxyl groups is 1. The van der Waals surface area contributed by atoms with Crippen LogP contribution in [-0.2, 0) is 33.0 Å². The van der Waals surface area contributed by atoms with E-state index < -0.39 is 49.9 Å². The molecule has 8 nitrogen and oxygen atoms in total. The first-order valence-corrected chi connectivity index (χ1v) is 20.7. The number of hydrogen-bond donors (Lipinski definition) is 1. The van der Waals surface area contributed by atoms with Crippen molar-refractivity contribution in [3.63, 3.8) is 0 Å². The van der Waals surface area contributed by atoms with Gasteiger partial charge in [-0.05, 0) is 73.9 Å². The molecule has 0 aromatic rings. The van der Waals surface area contributed by atoms with Gasteiger partial charge in [-0.1, -0.05) is 71.9 Å². The van der Waals surface area contributed by atoms with E-state index in [1.165, 1.54) is 0 Å². The number of rotatable bonds is 3. The van der Waals surface area contributed by atoms with Gasteiger partial charge in [0.25, 0.3) is 0 Å². The lowest BCUT2D eigenvalue weighted by atomic mass is 9.71. The molecule has 4 heterocycles. The standard InChI is InChI=1S/C38H58O8Si/c1-11-31-23(2)17-18-37(45-31)21-29-20-28(44-37)16-15-25(4)32(39)24(3)13-12-14-27-22-42-34-33(46-47(9,10)36(6,7)8)26(5)19-30(35(40)43-29)38(27,34)41/h12-15,19,23-24,28-31,33-34,41H,11,16-18,20-22H2,1-10H3/b13-12+,25-15+,27-14+/t23-,24-,28+,29-,30-,31+,33+,34+,37+,38+/m0/s1. The van der Waals surface area contributed by atoms with Gasteiger partial charge in [-0.25, -0.2) is 0 Å². The molecule has 0 amide bonds. The van der Waals surface area contributed by atoms with Crippen LogP contribution in [0.2, 0.25) is 18.1 Å². The second-order valence-corrected chi connectivity index (χ2v) is 21.1. The lowest BCUT2D eigenvalue weighted by Crippen LogP contribution is -2.60. The van der Waals surface area contributed by atoms with Gasteiger partial charge in [0.05, 0.1) is 24.9 Å². The molecule has 3 fully saturated rings. The van der Waals surface area contributed by atoms with Gasteiger partial charge >= 0.3 is 5.97 Å². The Bertz CT molecular complexity index is 1340. The van der Waals surface area contributed by atoms with E-state index in [9.17, 15) is 14.7 Å². The molecule has 3 saturated heterocycles. The highest BCUT2D eigenvalue weighted by Crippen LogP contribution is 2.49. The summed E-state index contributed by atoms with van der Waals surface area (Å²) in [5, 5.41) is 12.7. The van der Waals surface area contributed by atoms with Crippen LogP contribution in [0.1, 0.15) is 93.9 Å². The summed E-state index contributed by atoms with van der Waals surface area (Å²) in [4.78, 5) is 27.7. The minimum atomic E-state index is -2.29. The van der Waals surface area contributed by atoms with Gasteiger partial charge in [-0.15, -0.1) is 0 Å². The number of Topliss-reactive ketones (excluding diaryl/α,β-unsaturated/α-hetero) is 1. The van der Waals surface area contributed by atoms with Gasteiger partial charge in [-0.3, -0.25) is 9.59 Å². The van der Waals surface area contributed by atoms with Crippen LogP contribution in [0.4, 0.5) is 0 Å². The number of carbonyl (C=O) groups is 2. The van der Waals surface area contributed by atoms with Crippen LogP contribution in [-0.4, -0.2) is 73.7 Å². The Labute approximate surface area is 283 Å². The molecule has 5 aliphatic rings. The van der Waals surface area contributed by atoms with Crippen molar-refractivity contribution in [3.8, 4) is 0 Å². The normalized spacial score (nSPS) is 43.3. The Morgan fingerprint density at radius 1 is 1.11 bits per heavy atom. The predicted molar refractivity (Wildman–Crippen MR) is 184 cm³/mol. The third-order valence-corrected chi connectivity index (χ3v) is 16.2. The minimum Gasteiger partial charge on any atom is -0.462 e. The molecule has 10 atom stereocenters. The molecule has 5 rings (SSSR count). The topological polar surface area (TPSA) is 101 Å². The summed E-state index contributed by atoms with van der Waals surface area (Å²) in [5.41, 5.74) is 0.420. The van der Waals surface area contributed by atoms with Crippen molar-refractivity contribution in [1.29, 1.82) is 0 Å². The average Bonchev–Trinajstić information content (AvgIpc) is 3.33. The van der Waals surface area contributed by atoms with Crippen molar-refractivity contribution >= 4 is 20.1 Å². The minimum absolute atomic E-state index is 0.0326. The summed E-state index contributed by atoms with van der Waals surface area (Å²) in [7, 11) is -2.29. The Morgan fingerprint density at radius 3 is 2.51 bits per heavy atom. The molecule has 9 heteroatoms. The third-order valence-electron chi connectivity index (χ3n) is 11.8. The van der Waals surface area contributed by atoms with Crippen molar-refractivity contribution in [2.75, 3.05) is 6.61 Å². The fourth-order valence-electron chi connectivity index (χ4n) is 7.70. The highest BCUT2D eigenvalue weighted by Gasteiger charge is 2.61. The molecule has 1 aliphatic carbocycles. The molecule has 4 aliphatic heterocycles. The van der Waals surface area contributed by atoms with Crippen LogP contribution >= 0.6 is 0 Å². The molecule has 262 valence electrons. The molecule has 2 bridgehead atoms. The Kier molecular flexibility index (Phi) is 10.4. The largest absolute Gasteiger partial charge is 0.462 e. The molecule has 1 N–H and O–H groups in total. The Balaban J connectivity index is 1.56. The molecule has 47 heavy (non-hydrogen) atoms. The van der Waals surface area contributed by atoms with Crippen molar-refractivity contribution in [1.82, 2.24) is 0 Å². The van der Waals surface area contributed by atoms with Crippen molar-refractivity contribution in [2.24, 2.45) is 17.8 Å². The summed E-state index contributed by atoms with van der Waals surface area (Å²) >= 11 is 0. The quantitative estimate of drug-likeness (QED) is 0.192. The van der Waals surface area contributed by atoms with E-state index in [-0.39, 0.29) is 35.6 Å². The SMILES string of the molecule is CC[C@H]1O[C@]2(CC[C@@H]1C)C[C@@H]1C[C@@H](C/C=C(\C)C(=O)[C@@H](C)/C=C/C=C3\CO[C@@H]4[C@H](O[Si](C)(C)C(C)(C)C)C(C)=C[C@@H](C(=O)O1)[C@]34O)O2. The first-order chi connectivity index (χ1) is 21.9. The van der Waals surface area contributed by atoms with Crippen molar-refractivity contribution in [3.05, 3.63) is 47.1 Å². The number of allylic oxidation sites excluding steroid dienone is 4. The summed E-state index contributed by atoms with van der Waals surface area (Å²) in [5.74, 6) is -2.27. The van der Waals surface area contributed by atoms with Gasteiger partial charge in [0.2, 0.25) is 0 Å². The van der Waals surface area contributed by atoms with Crippen LogP contribution in [0.15, 0.2) is 47.1 Å². The molecule has 0 aromatic carbocycles. The van der Waals surface area contributed by atoms with E-state index in [1.54, 1.807) is 12.2 Å². The van der Waals surface area contributed by atoms with E-state index in [0.717, 1.165) is 18.4 Å². The summed E-state index contributed by atoms with van der Waals surface area (Å²) in [6, 6.07) is 0. The fraction of sp³-hybridized carbons (Fsp3) is 0.737. The van der Waals surface area contributed by atoms with E-state index in [0.29, 0.717) is 42.7 Å². The molecular weight excluding hydrogens is 612 g/mol. The van der Waals surface area contributed by atoms with Crippen LogP contribution in [0, 0.1) is 17.8 Å². The van der Waals surface area contributed by atoms with Crippen molar-refractivity contribution in [2.45, 2.75) is 154 Å². The van der Waals surface area contributed by atoms with Crippen LogP contribution in [0.25, 0.3) is 0 Å². The number of ketones is 1. The third kappa shape index (κ3) is 7.08. The Hall–Kier alpha value is -1.88. The fourth-order valence-corrected chi connectivity index (χ4v) is 9.00. The summed E-state index contributed by atoms with van der Waals surface area (Å²) in [6.45, 7) is 21.1. The number of esters is 1. The molecule has 0 unspecified atom stereocenters. The van der Waals surface area contributed by atoms with Gasteiger partial charge in [0, 0.05) is 25.2 Å². The van der Waals surface area contributed by atoms with E-state index >= 15 is 0 Å². The smallest absolute Gasteiger partial charge is 0.316 e. The second-order valence-electron chi connectivity index (χ2n) is 16.3. The molecule has 1 spiro atoms. The maximum atomic E-state index is 14.4. The number of hydrogen-bond acceptors (Lipinski definition) is 8. The van der Waals surface area contributed by atoms with Crippen molar-refractivity contribution < 1.29 is 38.1 Å². The second kappa shape index (κ2) is 13.4. The van der Waals surface area contributed by atoms with Crippen LogP contribution in [0.3, 0.4) is 0 Å². The first-order valence-electron chi connectivity index (χ1n) is 17.8. The summed E-state index contributed by atoms with van der Waals surface area (Å²) < 4.78 is 33.0. The highest BCUT2D eigenvalue weighted by atomic mass is 28.4. The number of ether oxygens (including phenoxy) is 4. The molecular formula is C38H58O8Si. The van der Waals surface area contributed by atoms with E-state index in [2.05, 4.69) is 47.7 Å². The molecule has 0 radical (unpaired) electrons. The lowest BCUT2D eigenvalue weighted by molar-refractivity contribution is -0.335. The average molecular weight is 671 g/mol. The highest BCUT2D eigenvalue weighted by molar-refractivity contribution is 6.74. The zero-order valence-corrected chi connectivity index (χ0v) is 31.3. The van der Waals surface area contributed by atoms with Crippen LogP contribution < -0.4 is 0 Å². The maximum Gasteiger partial charge on any atom is 0.316 e. The van der Waals surface area contributed by atoms with Crippen LogP contribution in [0.5, 0.6) is 0 Å². The zero-order chi connectivity index (χ0) is 34.5. The zero-order valence-electron chi connectivity index (χ0n) is 30.3. The van der Waals surface area contributed by atoms with E-state index in [4.69, 9.17) is 23.4 Å². The number of fused-ring (bicyclic) bond motifs is 2. The van der Waals surface area contributed by atoms with E-state index in [1.807, 2.05) is 39.0 Å². The molecule has 0 aromatic heterocycles. The van der Waals surface area contributed by atoms with Gasteiger partial charge in [0.15, 0.2) is 19.9 Å². The lowest BCUT2D eigenvalue weighted by Gasteiger charge is -2.50. The predicted octanol–water partition coefficient (Wildman–Crippen LogP) is 7.13. The van der Waals surface area contributed by atoms with Gasteiger partial charge in [-0.2, -0.15) is 0 Å². The first kappa shape index (κ1) is 36.4. The Morgan fingerprint density at radius 2 is 1.83 bits per heavy atom. The number of carbonyl (C=O) groups excluding carboxylic acids is 2. The van der Waals surface area contributed by atoms with Gasteiger partial charge < -0.3 is 28.5 Å². The monoisotopic (exact) mass is 670 g/mol.